The molecule has 2 N–H and O–H groups in total. The lowest BCUT2D eigenvalue weighted by atomic mass is 10.3. The number of halogens is 1. The van der Waals surface area contributed by atoms with Crippen LogP contribution in [0.1, 0.15) is 0 Å². The number of hydrogen-bond acceptors (Lipinski definition) is 2. The highest BCUT2D eigenvalue weighted by atomic mass is 35.5. The normalized spacial score (nSPS) is 9.80. The Morgan fingerprint density at radius 1 is 1.50 bits per heavy atom. The van der Waals surface area contributed by atoms with Gasteiger partial charge in [0.25, 0.3) is 0 Å². The Morgan fingerprint density at radius 2 is 2.20 bits per heavy atom. The first-order valence-corrected chi connectivity index (χ1v) is 4.43. The number of anilines is 1. The maximum Gasteiger partial charge on any atom is 0.0453 e. The Kier molecular flexibility index (Phi) is 2.46. The molecule has 0 saturated heterocycles. The fraction of sp³-hybridized carbons (Fsp3) is 0.143. The van der Waals surface area contributed by atoms with Crippen molar-refractivity contribution in [1.82, 2.24) is 0 Å². The van der Waals surface area contributed by atoms with E-state index in [-0.39, 0.29) is 0 Å². The zero-order valence-electron chi connectivity index (χ0n) is 5.60. The number of nitrogens with two attached hydrogens (primary N) is 1. The van der Waals surface area contributed by atoms with Crippen LogP contribution in [0.25, 0.3) is 0 Å². The molecule has 0 aliphatic rings. The molecule has 0 fully saturated rings. The van der Waals surface area contributed by atoms with Gasteiger partial charge in [-0.15, -0.1) is 11.8 Å². The lowest BCUT2D eigenvalue weighted by Crippen LogP contribution is -1.86. The van der Waals surface area contributed by atoms with E-state index in [2.05, 4.69) is 0 Å². The molecule has 0 heterocycles. The van der Waals surface area contributed by atoms with Crippen LogP contribution in [0.4, 0.5) is 5.69 Å². The minimum absolute atomic E-state index is 0.735. The first-order chi connectivity index (χ1) is 4.74. The predicted octanol–water partition coefficient (Wildman–Crippen LogP) is 2.64. The molecule has 0 atom stereocenters. The molecule has 1 rings (SSSR count). The van der Waals surface area contributed by atoms with E-state index in [1.165, 1.54) is 0 Å². The second-order valence-corrected chi connectivity index (χ2v) is 3.17. The van der Waals surface area contributed by atoms with Crippen LogP contribution in [-0.4, -0.2) is 6.26 Å². The molecule has 54 valence electrons. The summed E-state index contributed by atoms with van der Waals surface area (Å²) in [6.45, 7) is 0. The summed E-state index contributed by atoms with van der Waals surface area (Å²) in [6.07, 6.45) is 1.97. The maximum atomic E-state index is 5.73. The summed E-state index contributed by atoms with van der Waals surface area (Å²) in [5, 5.41) is 0.735. The Hall–Kier alpha value is -0.340. The standard InChI is InChI=1S/C7H8ClNS/c1-10-7-4-5(8)2-3-6(7)9/h2-4H,9H2,1H3. The van der Waals surface area contributed by atoms with Crippen LogP contribution in [-0.2, 0) is 0 Å². The zero-order valence-corrected chi connectivity index (χ0v) is 7.17. The maximum absolute atomic E-state index is 5.73. The quantitative estimate of drug-likeness (QED) is 0.522. The Balaban J connectivity index is 3.09. The molecule has 10 heavy (non-hydrogen) atoms. The molecule has 1 aromatic carbocycles. The van der Waals surface area contributed by atoms with E-state index in [0.717, 1.165) is 15.6 Å². The van der Waals surface area contributed by atoms with Crippen molar-refractivity contribution >= 4 is 29.1 Å². The SMILES string of the molecule is CSc1cc(Cl)ccc1N. The van der Waals surface area contributed by atoms with Crippen molar-refractivity contribution in [3.05, 3.63) is 23.2 Å². The van der Waals surface area contributed by atoms with Gasteiger partial charge >= 0.3 is 0 Å². The molecular weight excluding hydrogens is 166 g/mol. The molecule has 0 aliphatic heterocycles. The van der Waals surface area contributed by atoms with Gasteiger partial charge in [0, 0.05) is 15.6 Å². The molecule has 3 heteroatoms. The highest BCUT2D eigenvalue weighted by Gasteiger charge is 1.96. The zero-order chi connectivity index (χ0) is 7.56. The van der Waals surface area contributed by atoms with Crippen LogP contribution in [0.2, 0.25) is 5.02 Å². The van der Waals surface area contributed by atoms with Gasteiger partial charge in [0.15, 0.2) is 0 Å². The number of nitrogen functional groups attached to an aromatic ring is 1. The van der Waals surface area contributed by atoms with E-state index in [0.29, 0.717) is 0 Å². The van der Waals surface area contributed by atoms with Crippen LogP contribution in [0.15, 0.2) is 23.1 Å². The molecule has 0 amide bonds. The third-order valence-corrected chi connectivity index (χ3v) is 2.22. The molecule has 0 bridgehead atoms. The van der Waals surface area contributed by atoms with Crippen molar-refractivity contribution < 1.29 is 0 Å². The van der Waals surface area contributed by atoms with Gasteiger partial charge < -0.3 is 5.73 Å². The van der Waals surface area contributed by atoms with Gasteiger partial charge in [-0.25, -0.2) is 0 Å². The van der Waals surface area contributed by atoms with Crippen LogP contribution < -0.4 is 5.73 Å². The summed E-state index contributed by atoms with van der Waals surface area (Å²) < 4.78 is 0. The van der Waals surface area contributed by atoms with Gasteiger partial charge in [0.2, 0.25) is 0 Å². The second-order valence-electron chi connectivity index (χ2n) is 1.89. The van der Waals surface area contributed by atoms with E-state index in [1.807, 2.05) is 18.4 Å². The van der Waals surface area contributed by atoms with Crippen molar-refractivity contribution in [2.24, 2.45) is 0 Å². The first-order valence-electron chi connectivity index (χ1n) is 2.83. The van der Waals surface area contributed by atoms with E-state index >= 15 is 0 Å². The molecule has 0 aromatic heterocycles. The summed E-state index contributed by atoms with van der Waals surface area (Å²) in [5.74, 6) is 0. The van der Waals surface area contributed by atoms with Gasteiger partial charge in [0.05, 0.1) is 0 Å². The molecule has 0 spiro atoms. The van der Waals surface area contributed by atoms with Crippen LogP contribution in [0.3, 0.4) is 0 Å². The Labute approximate surface area is 69.6 Å². The molecule has 1 nitrogen and oxygen atoms in total. The Bertz CT molecular complexity index is 237. The molecule has 0 radical (unpaired) electrons. The Morgan fingerprint density at radius 3 is 2.70 bits per heavy atom. The lowest BCUT2D eigenvalue weighted by molar-refractivity contribution is 1.47. The van der Waals surface area contributed by atoms with Crippen molar-refractivity contribution in [2.45, 2.75) is 4.90 Å². The number of rotatable bonds is 1. The largest absolute Gasteiger partial charge is 0.398 e. The van der Waals surface area contributed by atoms with Gasteiger partial charge in [-0.2, -0.15) is 0 Å². The van der Waals surface area contributed by atoms with Gasteiger partial charge in [0.1, 0.15) is 0 Å². The van der Waals surface area contributed by atoms with E-state index < -0.39 is 0 Å². The van der Waals surface area contributed by atoms with E-state index in [4.69, 9.17) is 17.3 Å². The van der Waals surface area contributed by atoms with Gasteiger partial charge in [-0.1, -0.05) is 11.6 Å². The second kappa shape index (κ2) is 3.17. The smallest absolute Gasteiger partial charge is 0.0453 e. The highest BCUT2D eigenvalue weighted by molar-refractivity contribution is 7.98. The number of hydrogen-bond donors (Lipinski definition) is 1. The topological polar surface area (TPSA) is 26.0 Å². The lowest BCUT2D eigenvalue weighted by Gasteiger charge is -2.00. The molecule has 1 aromatic rings. The summed E-state index contributed by atoms with van der Waals surface area (Å²) in [6, 6.07) is 5.46. The van der Waals surface area contributed by atoms with Crippen LogP contribution in [0, 0.1) is 0 Å². The minimum atomic E-state index is 0.735. The fourth-order valence-corrected chi connectivity index (χ4v) is 1.47. The summed E-state index contributed by atoms with van der Waals surface area (Å²) >= 11 is 7.33. The van der Waals surface area contributed by atoms with E-state index in [1.54, 1.807) is 17.8 Å². The summed E-state index contributed by atoms with van der Waals surface area (Å²) in [7, 11) is 0. The third-order valence-electron chi connectivity index (χ3n) is 1.20. The molecule has 0 unspecified atom stereocenters. The van der Waals surface area contributed by atoms with Crippen molar-refractivity contribution in [2.75, 3.05) is 12.0 Å². The number of benzene rings is 1. The van der Waals surface area contributed by atoms with Crippen molar-refractivity contribution in [1.29, 1.82) is 0 Å². The summed E-state index contributed by atoms with van der Waals surface area (Å²) in [4.78, 5) is 1.03. The minimum Gasteiger partial charge on any atom is -0.398 e. The van der Waals surface area contributed by atoms with Crippen molar-refractivity contribution in [3.63, 3.8) is 0 Å². The van der Waals surface area contributed by atoms with Gasteiger partial charge in [-0.05, 0) is 24.5 Å². The third kappa shape index (κ3) is 1.58. The monoisotopic (exact) mass is 173 g/mol. The summed E-state index contributed by atoms with van der Waals surface area (Å²) in [5.41, 5.74) is 6.41. The highest BCUT2D eigenvalue weighted by Crippen LogP contribution is 2.25. The molecular formula is C7H8ClNS. The average Bonchev–Trinajstić information content (AvgIpc) is 1.94. The van der Waals surface area contributed by atoms with Gasteiger partial charge in [-0.3, -0.25) is 0 Å². The molecule has 0 aliphatic carbocycles. The van der Waals surface area contributed by atoms with Crippen molar-refractivity contribution in [3.8, 4) is 0 Å². The van der Waals surface area contributed by atoms with Crippen LogP contribution in [0.5, 0.6) is 0 Å². The molecule has 0 saturated carbocycles. The predicted molar refractivity (Wildman–Crippen MR) is 47.6 cm³/mol. The number of thioether (sulfide) groups is 1. The average molecular weight is 174 g/mol. The van der Waals surface area contributed by atoms with E-state index in [9.17, 15) is 0 Å². The van der Waals surface area contributed by atoms with Crippen LogP contribution >= 0.6 is 23.4 Å². The fourth-order valence-electron chi connectivity index (χ4n) is 0.685. The first kappa shape index (κ1) is 7.76.